The molecule has 7 aromatic rings. The van der Waals surface area contributed by atoms with Crippen LogP contribution in [0.1, 0.15) is 52.7 Å². The van der Waals surface area contributed by atoms with E-state index in [2.05, 4.69) is 97.3 Å². The fourth-order valence-electron chi connectivity index (χ4n) is 7.32. The monoisotopic (exact) mass is 578 g/mol. The number of anilines is 1. The Bertz CT molecular complexity index is 2320. The standard InChI is InChI=1S/C39H34N2O3/c1-37(2)28-16-9-7-13-23(28)26-21-27-24-14-8-10-17-30(24)40(33(27)22-29(26)37)31-18-12-20-34-35(31)25-15-11-19-32(36(25)42-34)41-43-38(3,4)39(5,6)44-41/h7-22H,1-6H3. The van der Waals surface area contributed by atoms with Gasteiger partial charge in [-0.05, 0) is 86.3 Å². The highest BCUT2D eigenvalue weighted by atomic mass is 17.0. The lowest BCUT2D eigenvalue weighted by Crippen LogP contribution is -2.41. The highest BCUT2D eigenvalue weighted by Gasteiger charge is 2.50. The van der Waals surface area contributed by atoms with Crippen LogP contribution in [-0.4, -0.2) is 15.8 Å². The average Bonchev–Trinajstić information content (AvgIpc) is 3.67. The fourth-order valence-corrected chi connectivity index (χ4v) is 7.32. The van der Waals surface area contributed by atoms with E-state index in [1.54, 1.807) is 0 Å². The molecule has 1 aliphatic heterocycles. The van der Waals surface area contributed by atoms with Crippen molar-refractivity contribution in [2.24, 2.45) is 0 Å². The van der Waals surface area contributed by atoms with E-state index < -0.39 is 11.2 Å². The molecule has 1 saturated heterocycles. The summed E-state index contributed by atoms with van der Waals surface area (Å²) in [6.45, 7) is 12.9. The minimum absolute atomic E-state index is 0.0953. The molecule has 0 spiro atoms. The molecule has 0 saturated carbocycles. The fraction of sp³-hybridized carbons (Fsp3) is 0.231. The predicted molar refractivity (Wildman–Crippen MR) is 178 cm³/mol. The van der Waals surface area contributed by atoms with Crippen molar-refractivity contribution in [2.45, 2.75) is 58.2 Å². The smallest absolute Gasteiger partial charge is 0.163 e. The summed E-state index contributed by atoms with van der Waals surface area (Å²) in [7, 11) is 0. The summed E-state index contributed by atoms with van der Waals surface area (Å²) < 4.78 is 9.05. The average molecular weight is 579 g/mol. The molecule has 5 nitrogen and oxygen atoms in total. The van der Waals surface area contributed by atoms with Crippen LogP contribution in [0.4, 0.5) is 5.69 Å². The van der Waals surface area contributed by atoms with E-state index in [1.165, 1.54) is 49.3 Å². The van der Waals surface area contributed by atoms with Gasteiger partial charge in [-0.15, -0.1) is 5.23 Å². The van der Waals surface area contributed by atoms with Crippen molar-refractivity contribution < 1.29 is 14.1 Å². The lowest BCUT2D eigenvalue weighted by molar-refractivity contribution is -0.0269. The van der Waals surface area contributed by atoms with Crippen molar-refractivity contribution in [1.82, 2.24) is 4.57 Å². The molecule has 0 unspecified atom stereocenters. The number of aromatic nitrogens is 1. The molecule has 5 heteroatoms. The van der Waals surface area contributed by atoms with E-state index >= 15 is 0 Å². The van der Waals surface area contributed by atoms with Gasteiger partial charge in [0.15, 0.2) is 5.58 Å². The first kappa shape index (κ1) is 25.9. The zero-order valence-electron chi connectivity index (χ0n) is 25.9. The van der Waals surface area contributed by atoms with Crippen LogP contribution in [0.15, 0.2) is 101 Å². The van der Waals surface area contributed by atoms with Gasteiger partial charge in [0.25, 0.3) is 0 Å². The third-order valence-electron chi connectivity index (χ3n) is 10.4. The van der Waals surface area contributed by atoms with Gasteiger partial charge in [0.05, 0.1) is 22.1 Å². The number of furan rings is 1. The molecule has 0 bridgehead atoms. The summed E-state index contributed by atoms with van der Waals surface area (Å²) >= 11 is 0. The van der Waals surface area contributed by atoms with Crippen LogP contribution in [-0.2, 0) is 15.1 Å². The van der Waals surface area contributed by atoms with Gasteiger partial charge in [-0.1, -0.05) is 74.5 Å². The summed E-state index contributed by atoms with van der Waals surface area (Å²) in [6.07, 6.45) is 0. The van der Waals surface area contributed by atoms with Gasteiger partial charge < -0.3 is 8.98 Å². The Hall–Kier alpha value is -4.58. The second-order valence-corrected chi connectivity index (χ2v) is 13.8. The van der Waals surface area contributed by atoms with Crippen LogP contribution in [0.3, 0.4) is 0 Å². The maximum atomic E-state index is 6.63. The van der Waals surface area contributed by atoms with Gasteiger partial charge in [-0.25, -0.2) is 9.68 Å². The molecular formula is C39H34N2O3. The molecule has 9 rings (SSSR count). The topological polar surface area (TPSA) is 39.8 Å². The lowest BCUT2D eigenvalue weighted by atomic mass is 9.82. The van der Waals surface area contributed by atoms with Crippen molar-refractivity contribution in [1.29, 1.82) is 0 Å². The molecule has 0 atom stereocenters. The summed E-state index contributed by atoms with van der Waals surface area (Å²) in [4.78, 5) is 12.6. The van der Waals surface area contributed by atoms with Crippen LogP contribution in [0.5, 0.6) is 0 Å². The molecule has 218 valence electrons. The van der Waals surface area contributed by atoms with Crippen molar-refractivity contribution in [3.8, 4) is 16.8 Å². The number of benzene rings is 5. The number of rotatable bonds is 2. The second kappa shape index (κ2) is 8.32. The SMILES string of the molecule is CC1(C)c2ccccc2-c2cc3c4ccccc4n(-c4cccc5oc6c(N7OC(C)(C)C(C)(C)O7)cccc6c45)c3cc21. The van der Waals surface area contributed by atoms with Gasteiger partial charge in [-0.3, -0.25) is 0 Å². The van der Waals surface area contributed by atoms with Crippen molar-refractivity contribution in [3.63, 3.8) is 0 Å². The molecule has 2 aromatic heterocycles. The number of para-hydroxylation sites is 2. The predicted octanol–water partition coefficient (Wildman–Crippen LogP) is 10.2. The quantitative estimate of drug-likeness (QED) is 0.205. The van der Waals surface area contributed by atoms with Crippen LogP contribution in [0.2, 0.25) is 0 Å². The maximum absolute atomic E-state index is 6.63. The number of hydrogen-bond acceptors (Lipinski definition) is 4. The van der Waals surface area contributed by atoms with E-state index in [1.807, 2.05) is 45.9 Å². The number of fused-ring (bicyclic) bond motifs is 9. The minimum atomic E-state index is -0.511. The number of hydrogen-bond donors (Lipinski definition) is 0. The zero-order chi connectivity index (χ0) is 30.2. The first-order valence-electron chi connectivity index (χ1n) is 15.4. The third-order valence-corrected chi connectivity index (χ3v) is 10.4. The molecule has 1 aliphatic carbocycles. The van der Waals surface area contributed by atoms with Crippen molar-refractivity contribution in [2.75, 3.05) is 5.23 Å². The second-order valence-electron chi connectivity index (χ2n) is 13.8. The van der Waals surface area contributed by atoms with Gasteiger partial charge in [0.2, 0.25) is 0 Å². The highest BCUT2D eigenvalue weighted by molar-refractivity contribution is 6.16. The largest absolute Gasteiger partial charge is 0.454 e. The zero-order valence-corrected chi connectivity index (χ0v) is 25.9. The van der Waals surface area contributed by atoms with Crippen LogP contribution < -0.4 is 5.23 Å². The van der Waals surface area contributed by atoms with E-state index in [0.717, 1.165) is 33.3 Å². The Kier molecular flexibility index (Phi) is 4.89. The van der Waals surface area contributed by atoms with Crippen LogP contribution in [0, 0.1) is 0 Å². The van der Waals surface area contributed by atoms with E-state index in [4.69, 9.17) is 14.1 Å². The normalized spacial score (nSPS) is 18.1. The van der Waals surface area contributed by atoms with Gasteiger partial charge in [0, 0.05) is 21.6 Å². The van der Waals surface area contributed by atoms with E-state index in [-0.39, 0.29) is 5.41 Å². The number of nitrogens with zero attached hydrogens (tertiary/aromatic N) is 2. The third kappa shape index (κ3) is 3.21. The Morgan fingerprint density at radius 2 is 1.23 bits per heavy atom. The van der Waals surface area contributed by atoms with Crippen LogP contribution in [0.25, 0.3) is 60.6 Å². The molecule has 1 fully saturated rings. The van der Waals surface area contributed by atoms with Gasteiger partial charge in [-0.2, -0.15) is 0 Å². The van der Waals surface area contributed by atoms with Gasteiger partial charge >= 0.3 is 0 Å². The Morgan fingerprint density at radius 3 is 2.05 bits per heavy atom. The Morgan fingerprint density at radius 1 is 0.545 bits per heavy atom. The van der Waals surface area contributed by atoms with E-state index in [9.17, 15) is 0 Å². The van der Waals surface area contributed by atoms with Gasteiger partial charge in [0.1, 0.15) is 22.5 Å². The lowest BCUT2D eigenvalue weighted by Gasteiger charge is -2.26. The Labute approximate surface area is 256 Å². The first-order valence-corrected chi connectivity index (χ1v) is 15.4. The first-order chi connectivity index (χ1) is 21.1. The van der Waals surface area contributed by atoms with Crippen LogP contribution >= 0.6 is 0 Å². The summed E-state index contributed by atoms with van der Waals surface area (Å²) in [6, 6.07) is 34.9. The van der Waals surface area contributed by atoms with E-state index in [0.29, 0.717) is 0 Å². The summed E-state index contributed by atoms with van der Waals surface area (Å²) in [5, 5.41) is 6.10. The van der Waals surface area contributed by atoms with Crippen molar-refractivity contribution in [3.05, 3.63) is 108 Å². The summed E-state index contributed by atoms with van der Waals surface area (Å²) in [5.74, 6) is 0. The highest BCUT2D eigenvalue weighted by Crippen LogP contribution is 2.51. The molecule has 44 heavy (non-hydrogen) atoms. The molecule has 0 amide bonds. The van der Waals surface area contributed by atoms with Crippen molar-refractivity contribution >= 4 is 49.4 Å². The molecule has 2 aliphatic rings. The molecule has 0 N–H and O–H groups in total. The maximum Gasteiger partial charge on any atom is 0.163 e. The molecule has 5 aromatic carbocycles. The summed E-state index contributed by atoms with van der Waals surface area (Å²) in [5.41, 5.74) is 10.0. The molecule has 0 radical (unpaired) electrons. The Balaban J connectivity index is 1.33. The minimum Gasteiger partial charge on any atom is -0.454 e. The molecular weight excluding hydrogens is 544 g/mol. The molecule has 3 heterocycles.